The quantitative estimate of drug-likeness (QED) is 0.854. The lowest BCUT2D eigenvalue weighted by atomic mass is 9.99. The van der Waals surface area contributed by atoms with Crippen molar-refractivity contribution in [2.24, 2.45) is 29.6 Å². The van der Waals surface area contributed by atoms with E-state index in [1.54, 1.807) is 0 Å². The van der Waals surface area contributed by atoms with E-state index >= 15 is 0 Å². The van der Waals surface area contributed by atoms with Crippen LogP contribution in [0.15, 0.2) is 0 Å². The second kappa shape index (κ2) is 5.01. The molecule has 1 amide bonds. The number of amides is 1. The van der Waals surface area contributed by atoms with Gasteiger partial charge in [-0.3, -0.25) is 4.79 Å². The molecule has 4 rings (SSSR count). The first kappa shape index (κ1) is 13.1. The third-order valence-corrected chi connectivity index (χ3v) is 6.51. The van der Waals surface area contributed by atoms with Gasteiger partial charge in [0.2, 0.25) is 5.91 Å². The number of piperidine rings is 1. The van der Waals surface area contributed by atoms with Gasteiger partial charge in [0.05, 0.1) is 0 Å². The molecule has 0 spiro atoms. The molecule has 1 N–H and O–H groups in total. The summed E-state index contributed by atoms with van der Waals surface area (Å²) in [4.78, 5) is 14.9. The molecule has 4 aliphatic rings. The van der Waals surface area contributed by atoms with Crippen molar-refractivity contribution in [1.29, 1.82) is 0 Å². The highest BCUT2D eigenvalue weighted by atomic mass is 16.2. The van der Waals surface area contributed by atoms with Crippen molar-refractivity contribution in [3.63, 3.8) is 0 Å². The maximum absolute atomic E-state index is 12.7. The number of hydrogen-bond acceptors (Lipinski definition) is 2. The summed E-state index contributed by atoms with van der Waals surface area (Å²) in [6.45, 7) is 5.32. The van der Waals surface area contributed by atoms with E-state index in [0.717, 1.165) is 56.1 Å². The predicted molar refractivity (Wildman–Crippen MR) is 79.2 cm³/mol. The highest BCUT2D eigenvalue weighted by Crippen LogP contribution is 2.69. The molecular formula is C17H28N2O. The number of likely N-dealkylation sites (tertiary alicyclic amines) is 1. The van der Waals surface area contributed by atoms with Crippen LogP contribution in [0.4, 0.5) is 0 Å². The average Bonchev–Trinajstić information content (AvgIpc) is 2.92. The first-order chi connectivity index (χ1) is 9.79. The van der Waals surface area contributed by atoms with Gasteiger partial charge in [0.25, 0.3) is 0 Å². The molecule has 1 saturated heterocycles. The van der Waals surface area contributed by atoms with Gasteiger partial charge in [-0.2, -0.15) is 0 Å². The summed E-state index contributed by atoms with van der Waals surface area (Å²) in [6.07, 6.45) is 7.79. The summed E-state index contributed by atoms with van der Waals surface area (Å²) in [5.74, 6) is 4.41. The Morgan fingerprint density at radius 2 is 1.75 bits per heavy atom. The van der Waals surface area contributed by atoms with Crippen LogP contribution in [-0.4, -0.2) is 36.5 Å². The third-order valence-electron chi connectivity index (χ3n) is 6.51. The van der Waals surface area contributed by atoms with E-state index in [4.69, 9.17) is 0 Å². The zero-order chi connectivity index (χ0) is 13.7. The van der Waals surface area contributed by atoms with Gasteiger partial charge in [0, 0.05) is 25.0 Å². The summed E-state index contributed by atoms with van der Waals surface area (Å²) in [5, 5.41) is 3.60. The normalized spacial score (nSPS) is 42.9. The summed E-state index contributed by atoms with van der Waals surface area (Å²) in [5.41, 5.74) is 0. The summed E-state index contributed by atoms with van der Waals surface area (Å²) >= 11 is 0. The molecule has 1 heterocycles. The molecule has 3 nitrogen and oxygen atoms in total. The molecule has 3 heteroatoms. The molecule has 0 aromatic rings. The molecular weight excluding hydrogens is 248 g/mol. The largest absolute Gasteiger partial charge is 0.342 e. The van der Waals surface area contributed by atoms with Gasteiger partial charge in [-0.15, -0.1) is 0 Å². The minimum atomic E-state index is 0.446. The second-order valence-electron chi connectivity index (χ2n) is 7.57. The van der Waals surface area contributed by atoms with Gasteiger partial charge in [-0.25, -0.2) is 0 Å². The van der Waals surface area contributed by atoms with Gasteiger partial charge in [0.1, 0.15) is 0 Å². The number of carbonyl (C=O) groups is 1. The number of nitrogens with one attached hydrogen (secondary N) is 1. The number of hydrogen-bond donors (Lipinski definition) is 1. The van der Waals surface area contributed by atoms with Crippen LogP contribution in [0.25, 0.3) is 0 Å². The van der Waals surface area contributed by atoms with Crippen molar-refractivity contribution in [1.82, 2.24) is 10.2 Å². The Morgan fingerprint density at radius 3 is 2.35 bits per heavy atom. The molecule has 4 atom stereocenters. The lowest BCUT2D eigenvalue weighted by Gasteiger charge is -2.33. The Labute approximate surface area is 122 Å². The number of fused-ring (bicyclic) bond motifs is 5. The predicted octanol–water partition coefficient (Wildman–Crippen LogP) is 2.27. The third kappa shape index (κ3) is 2.01. The summed E-state index contributed by atoms with van der Waals surface area (Å²) in [7, 11) is 0. The van der Waals surface area contributed by atoms with E-state index in [-0.39, 0.29) is 0 Å². The number of carbonyl (C=O) groups excluding carboxylic acids is 1. The number of rotatable bonds is 4. The number of nitrogens with zero attached hydrogens (tertiary/aromatic N) is 1. The summed E-state index contributed by atoms with van der Waals surface area (Å²) < 4.78 is 0. The summed E-state index contributed by atoms with van der Waals surface area (Å²) in [6, 6.07) is 0.647. The van der Waals surface area contributed by atoms with Crippen LogP contribution in [0.2, 0.25) is 0 Å². The highest BCUT2D eigenvalue weighted by Gasteiger charge is 2.67. The lowest BCUT2D eigenvalue weighted by Crippen LogP contribution is -2.46. The Kier molecular flexibility index (Phi) is 3.29. The van der Waals surface area contributed by atoms with Crippen LogP contribution >= 0.6 is 0 Å². The molecule has 20 heavy (non-hydrogen) atoms. The van der Waals surface area contributed by atoms with E-state index in [2.05, 4.69) is 17.1 Å². The fourth-order valence-electron chi connectivity index (χ4n) is 5.52. The molecule has 3 saturated carbocycles. The molecule has 1 aliphatic heterocycles. The average molecular weight is 276 g/mol. The second-order valence-corrected chi connectivity index (χ2v) is 7.57. The van der Waals surface area contributed by atoms with Crippen LogP contribution in [0.5, 0.6) is 0 Å². The zero-order valence-corrected chi connectivity index (χ0v) is 12.7. The van der Waals surface area contributed by atoms with Crippen LogP contribution in [0.1, 0.15) is 45.4 Å². The molecule has 3 aliphatic carbocycles. The Bertz CT molecular complexity index is 372. The molecule has 0 radical (unpaired) electrons. The van der Waals surface area contributed by atoms with E-state index in [9.17, 15) is 4.79 Å². The first-order valence-corrected chi connectivity index (χ1v) is 8.81. The standard InChI is InChI=1S/C17H28N2O/c1-2-7-18-13-5-8-19(9-6-13)17(20)16-14-11-3-4-12(10-11)15(14)16/h11-16,18H,2-10H2,1H3. The molecule has 0 aromatic carbocycles. The molecule has 0 aromatic heterocycles. The van der Waals surface area contributed by atoms with Crippen molar-refractivity contribution >= 4 is 5.91 Å². The van der Waals surface area contributed by atoms with Crippen LogP contribution < -0.4 is 5.32 Å². The van der Waals surface area contributed by atoms with Crippen LogP contribution in [0, 0.1) is 29.6 Å². The monoisotopic (exact) mass is 276 g/mol. The Balaban J connectivity index is 1.29. The maximum Gasteiger partial charge on any atom is 0.226 e. The topological polar surface area (TPSA) is 32.3 Å². The molecule has 2 bridgehead atoms. The van der Waals surface area contributed by atoms with Crippen molar-refractivity contribution in [3.05, 3.63) is 0 Å². The first-order valence-electron chi connectivity index (χ1n) is 8.81. The van der Waals surface area contributed by atoms with Crippen LogP contribution in [-0.2, 0) is 4.79 Å². The Morgan fingerprint density at radius 1 is 1.10 bits per heavy atom. The minimum Gasteiger partial charge on any atom is -0.342 e. The minimum absolute atomic E-state index is 0.446. The van der Waals surface area contributed by atoms with Gasteiger partial charge in [0.15, 0.2) is 0 Å². The molecule has 4 unspecified atom stereocenters. The maximum atomic E-state index is 12.7. The Hall–Kier alpha value is -0.570. The highest BCUT2D eigenvalue weighted by molar-refractivity contribution is 5.83. The van der Waals surface area contributed by atoms with Gasteiger partial charge < -0.3 is 10.2 Å². The van der Waals surface area contributed by atoms with E-state index in [0.29, 0.717) is 17.9 Å². The van der Waals surface area contributed by atoms with Crippen molar-refractivity contribution in [2.45, 2.75) is 51.5 Å². The molecule has 112 valence electrons. The zero-order valence-electron chi connectivity index (χ0n) is 12.7. The fraction of sp³-hybridized carbons (Fsp3) is 0.941. The van der Waals surface area contributed by atoms with E-state index < -0.39 is 0 Å². The van der Waals surface area contributed by atoms with Crippen LogP contribution in [0.3, 0.4) is 0 Å². The van der Waals surface area contributed by atoms with Gasteiger partial charge in [-0.1, -0.05) is 6.92 Å². The van der Waals surface area contributed by atoms with E-state index in [1.165, 1.54) is 25.7 Å². The fourth-order valence-corrected chi connectivity index (χ4v) is 5.52. The van der Waals surface area contributed by atoms with Crippen molar-refractivity contribution in [2.75, 3.05) is 19.6 Å². The van der Waals surface area contributed by atoms with E-state index in [1.807, 2.05) is 0 Å². The van der Waals surface area contributed by atoms with Crippen molar-refractivity contribution < 1.29 is 4.79 Å². The van der Waals surface area contributed by atoms with Gasteiger partial charge in [-0.05, 0) is 68.7 Å². The SMILES string of the molecule is CCCNC1CCN(C(=O)C2C3C4CCC(C4)C23)CC1. The lowest BCUT2D eigenvalue weighted by molar-refractivity contribution is -0.134. The smallest absolute Gasteiger partial charge is 0.226 e. The molecule has 4 fully saturated rings. The van der Waals surface area contributed by atoms with Crippen molar-refractivity contribution in [3.8, 4) is 0 Å². The van der Waals surface area contributed by atoms with Gasteiger partial charge >= 0.3 is 0 Å².